The lowest BCUT2D eigenvalue weighted by Crippen LogP contribution is -2.25. The number of anilines is 1. The Morgan fingerprint density at radius 3 is 2.40 bits per heavy atom. The fourth-order valence-electron chi connectivity index (χ4n) is 2.97. The minimum atomic E-state index is -0.256. The lowest BCUT2D eigenvalue weighted by atomic mass is 9.87. The Hall–Kier alpha value is -2.20. The van der Waals surface area contributed by atoms with Crippen molar-refractivity contribution in [2.45, 2.75) is 26.2 Å². The molecule has 5 heteroatoms. The van der Waals surface area contributed by atoms with E-state index in [-0.39, 0.29) is 17.7 Å². The van der Waals surface area contributed by atoms with Crippen LogP contribution in [-0.2, 0) is 4.79 Å². The van der Waals surface area contributed by atoms with E-state index < -0.39 is 0 Å². The first-order valence-electron chi connectivity index (χ1n) is 8.50. The van der Waals surface area contributed by atoms with Gasteiger partial charge in [0.15, 0.2) is 11.5 Å². The van der Waals surface area contributed by atoms with E-state index in [1.54, 1.807) is 0 Å². The van der Waals surface area contributed by atoms with Crippen LogP contribution in [0.3, 0.4) is 0 Å². The molecule has 2 aromatic carbocycles. The SMILES string of the molecule is CC(C)C(C(=O)Nc1ccc2c(c1)OCCCO2)c1ccc(Cl)cc1. The van der Waals surface area contributed by atoms with Gasteiger partial charge in [-0.15, -0.1) is 0 Å². The molecular weight excluding hydrogens is 338 g/mol. The van der Waals surface area contributed by atoms with Gasteiger partial charge >= 0.3 is 0 Å². The number of carbonyl (C=O) groups excluding carboxylic acids is 1. The zero-order valence-corrected chi connectivity index (χ0v) is 15.2. The molecule has 1 atom stereocenters. The number of ether oxygens (including phenoxy) is 2. The summed E-state index contributed by atoms with van der Waals surface area (Å²) < 4.78 is 11.3. The lowest BCUT2D eigenvalue weighted by molar-refractivity contribution is -0.118. The number of benzene rings is 2. The summed E-state index contributed by atoms with van der Waals surface area (Å²) in [6, 6.07) is 12.9. The number of nitrogens with one attached hydrogen (secondary N) is 1. The molecule has 1 heterocycles. The van der Waals surface area contributed by atoms with Crippen molar-refractivity contribution >= 4 is 23.2 Å². The van der Waals surface area contributed by atoms with Gasteiger partial charge in [0.05, 0.1) is 19.1 Å². The smallest absolute Gasteiger partial charge is 0.232 e. The zero-order chi connectivity index (χ0) is 17.8. The zero-order valence-electron chi connectivity index (χ0n) is 14.4. The molecule has 0 fully saturated rings. The summed E-state index contributed by atoms with van der Waals surface area (Å²) in [7, 11) is 0. The second-order valence-corrected chi connectivity index (χ2v) is 6.91. The van der Waals surface area contributed by atoms with Gasteiger partial charge in [0, 0.05) is 23.2 Å². The highest BCUT2D eigenvalue weighted by Gasteiger charge is 2.24. The summed E-state index contributed by atoms with van der Waals surface area (Å²) in [6.45, 7) is 5.33. The van der Waals surface area contributed by atoms with Crippen LogP contribution >= 0.6 is 11.6 Å². The summed E-state index contributed by atoms with van der Waals surface area (Å²) in [6.07, 6.45) is 0.850. The van der Waals surface area contributed by atoms with Crippen LogP contribution in [0.1, 0.15) is 31.7 Å². The quantitative estimate of drug-likeness (QED) is 0.846. The molecule has 25 heavy (non-hydrogen) atoms. The summed E-state index contributed by atoms with van der Waals surface area (Å²) in [4.78, 5) is 12.9. The van der Waals surface area contributed by atoms with Gasteiger partial charge in [-0.25, -0.2) is 0 Å². The molecule has 1 unspecified atom stereocenters. The maximum atomic E-state index is 12.9. The number of hydrogen-bond acceptors (Lipinski definition) is 3. The van der Waals surface area contributed by atoms with Crippen LogP contribution in [0.2, 0.25) is 5.02 Å². The van der Waals surface area contributed by atoms with E-state index in [1.165, 1.54) is 0 Å². The molecule has 1 amide bonds. The molecule has 0 spiro atoms. The first kappa shape index (κ1) is 17.6. The van der Waals surface area contributed by atoms with Crippen LogP contribution in [0.25, 0.3) is 0 Å². The third-order valence-corrected chi connectivity index (χ3v) is 4.45. The molecule has 3 rings (SSSR count). The Morgan fingerprint density at radius 1 is 1.04 bits per heavy atom. The van der Waals surface area contributed by atoms with Gasteiger partial charge in [0.1, 0.15) is 0 Å². The second kappa shape index (κ2) is 7.79. The second-order valence-electron chi connectivity index (χ2n) is 6.47. The molecule has 0 saturated heterocycles. The van der Waals surface area contributed by atoms with Crippen LogP contribution in [0.15, 0.2) is 42.5 Å². The molecule has 0 aliphatic carbocycles. The highest BCUT2D eigenvalue weighted by atomic mass is 35.5. The fraction of sp³-hybridized carbons (Fsp3) is 0.350. The minimum absolute atomic E-state index is 0.0492. The van der Waals surface area contributed by atoms with E-state index in [2.05, 4.69) is 5.32 Å². The van der Waals surface area contributed by atoms with E-state index in [0.29, 0.717) is 35.4 Å². The first-order chi connectivity index (χ1) is 12.0. The highest BCUT2D eigenvalue weighted by Crippen LogP contribution is 2.33. The van der Waals surface area contributed by atoms with Crippen LogP contribution in [0.4, 0.5) is 5.69 Å². The molecule has 1 aliphatic heterocycles. The number of carbonyl (C=O) groups is 1. The largest absolute Gasteiger partial charge is 0.490 e. The molecule has 0 saturated carbocycles. The molecule has 132 valence electrons. The third kappa shape index (κ3) is 4.26. The molecule has 0 radical (unpaired) electrons. The van der Waals surface area contributed by atoms with Gasteiger partial charge in [-0.3, -0.25) is 4.79 Å². The molecule has 1 aliphatic rings. The van der Waals surface area contributed by atoms with Crippen LogP contribution < -0.4 is 14.8 Å². The first-order valence-corrected chi connectivity index (χ1v) is 8.88. The van der Waals surface area contributed by atoms with Crippen molar-refractivity contribution in [3.63, 3.8) is 0 Å². The maximum Gasteiger partial charge on any atom is 0.232 e. The summed E-state index contributed by atoms with van der Waals surface area (Å²) in [5.74, 6) is 1.23. The van der Waals surface area contributed by atoms with Crippen molar-refractivity contribution in [3.8, 4) is 11.5 Å². The van der Waals surface area contributed by atoms with Crippen molar-refractivity contribution in [1.29, 1.82) is 0 Å². The summed E-state index contributed by atoms with van der Waals surface area (Å²) in [5, 5.41) is 3.66. The van der Waals surface area contributed by atoms with Crippen LogP contribution in [0.5, 0.6) is 11.5 Å². The summed E-state index contributed by atoms with van der Waals surface area (Å²) >= 11 is 5.96. The van der Waals surface area contributed by atoms with Crippen molar-refractivity contribution in [2.24, 2.45) is 5.92 Å². The van der Waals surface area contributed by atoms with E-state index >= 15 is 0 Å². The minimum Gasteiger partial charge on any atom is -0.490 e. The predicted molar refractivity (Wildman–Crippen MR) is 99.7 cm³/mol. The predicted octanol–water partition coefficient (Wildman–Crippen LogP) is 4.88. The Bertz CT molecular complexity index is 743. The van der Waals surface area contributed by atoms with Crippen molar-refractivity contribution in [1.82, 2.24) is 0 Å². The number of amides is 1. The maximum absolute atomic E-state index is 12.9. The molecule has 4 nitrogen and oxygen atoms in total. The fourth-order valence-corrected chi connectivity index (χ4v) is 3.10. The van der Waals surface area contributed by atoms with Crippen LogP contribution in [0, 0.1) is 5.92 Å². The van der Waals surface area contributed by atoms with Gasteiger partial charge < -0.3 is 14.8 Å². The Balaban J connectivity index is 1.79. The highest BCUT2D eigenvalue weighted by molar-refractivity contribution is 6.30. The van der Waals surface area contributed by atoms with E-state index in [1.807, 2.05) is 56.3 Å². The average molecular weight is 360 g/mol. The van der Waals surface area contributed by atoms with Gasteiger partial charge in [0.25, 0.3) is 0 Å². The number of rotatable bonds is 4. The number of hydrogen-bond donors (Lipinski definition) is 1. The molecule has 2 aromatic rings. The van der Waals surface area contributed by atoms with Crippen molar-refractivity contribution in [2.75, 3.05) is 18.5 Å². The normalized spacial score (nSPS) is 14.7. The molecule has 0 bridgehead atoms. The van der Waals surface area contributed by atoms with Gasteiger partial charge in [0.2, 0.25) is 5.91 Å². The molecule has 1 N–H and O–H groups in total. The monoisotopic (exact) mass is 359 g/mol. The third-order valence-electron chi connectivity index (χ3n) is 4.19. The standard InChI is InChI=1S/C20H22ClNO3/c1-13(2)19(14-4-6-15(21)7-5-14)20(23)22-16-8-9-17-18(12-16)25-11-3-10-24-17/h4-9,12-13,19H,3,10-11H2,1-2H3,(H,22,23). The van der Waals surface area contributed by atoms with Gasteiger partial charge in [-0.2, -0.15) is 0 Å². The van der Waals surface area contributed by atoms with Crippen molar-refractivity contribution < 1.29 is 14.3 Å². The Morgan fingerprint density at radius 2 is 1.72 bits per heavy atom. The van der Waals surface area contributed by atoms with E-state index in [4.69, 9.17) is 21.1 Å². The number of fused-ring (bicyclic) bond motifs is 1. The lowest BCUT2D eigenvalue weighted by Gasteiger charge is -2.21. The van der Waals surface area contributed by atoms with E-state index in [9.17, 15) is 4.79 Å². The number of halogens is 1. The van der Waals surface area contributed by atoms with Gasteiger partial charge in [-0.1, -0.05) is 37.6 Å². The Labute approximate surface area is 153 Å². The average Bonchev–Trinajstić information content (AvgIpc) is 2.81. The topological polar surface area (TPSA) is 47.6 Å². The molecule has 0 aromatic heterocycles. The Kier molecular flexibility index (Phi) is 5.49. The summed E-state index contributed by atoms with van der Waals surface area (Å²) in [5.41, 5.74) is 1.65. The van der Waals surface area contributed by atoms with Crippen LogP contribution in [-0.4, -0.2) is 19.1 Å². The molecular formula is C20H22ClNO3. The van der Waals surface area contributed by atoms with E-state index in [0.717, 1.165) is 12.0 Å². The van der Waals surface area contributed by atoms with Gasteiger partial charge in [-0.05, 0) is 35.7 Å². The van der Waals surface area contributed by atoms with Crippen molar-refractivity contribution in [3.05, 3.63) is 53.1 Å².